The van der Waals surface area contributed by atoms with Crippen LogP contribution in [0.2, 0.25) is 0 Å². The number of halogens is 1. The maximum atomic E-state index is 14.1. The number of benzene rings is 2. The van der Waals surface area contributed by atoms with Gasteiger partial charge in [-0.25, -0.2) is 4.39 Å². The van der Waals surface area contributed by atoms with E-state index >= 15 is 0 Å². The summed E-state index contributed by atoms with van der Waals surface area (Å²) in [6.07, 6.45) is 2.35. The topological polar surface area (TPSA) is 52.6 Å². The quantitative estimate of drug-likeness (QED) is 0.785. The lowest BCUT2D eigenvalue weighted by Gasteiger charge is -2.36. The third kappa shape index (κ3) is 4.15. The van der Waals surface area contributed by atoms with Crippen LogP contribution < -0.4 is 5.32 Å². The number of alkyl halides is 1. The molecule has 4 nitrogen and oxygen atoms in total. The average Bonchev–Trinajstić information content (AvgIpc) is 2.71. The first-order valence-corrected chi connectivity index (χ1v) is 8.90. The molecule has 3 rings (SSSR count). The number of allylic oxidation sites excluding steroid dienone is 1. The van der Waals surface area contributed by atoms with Crippen LogP contribution in [0, 0.1) is 5.92 Å². The van der Waals surface area contributed by atoms with E-state index in [-0.39, 0.29) is 5.70 Å². The molecule has 2 aromatic rings. The normalized spacial score (nSPS) is 23.2. The van der Waals surface area contributed by atoms with Crippen LogP contribution in [0.3, 0.4) is 0 Å². The lowest BCUT2D eigenvalue weighted by Crippen LogP contribution is -2.56. The van der Waals surface area contributed by atoms with E-state index in [1.807, 2.05) is 42.5 Å². The van der Waals surface area contributed by atoms with Gasteiger partial charge in [0, 0.05) is 12.5 Å². The summed E-state index contributed by atoms with van der Waals surface area (Å²) >= 11 is 0. The van der Waals surface area contributed by atoms with Crippen LogP contribution in [0.25, 0.3) is 17.2 Å². The van der Waals surface area contributed by atoms with Crippen molar-refractivity contribution in [2.75, 3.05) is 6.54 Å². The summed E-state index contributed by atoms with van der Waals surface area (Å²) in [5, 5.41) is 13.0. The van der Waals surface area contributed by atoms with Gasteiger partial charge in [0.2, 0.25) is 0 Å². The van der Waals surface area contributed by atoms with Crippen LogP contribution in [-0.2, 0) is 4.79 Å². The highest BCUT2D eigenvalue weighted by Gasteiger charge is 2.42. The standard InChI is InChI=1S/C22H23FN2O2/c1-15-20(23)16(2)25(27)22(26)21(15)24-14-6-7-17-10-12-19(13-11-17)18-8-4-3-5-9-18/h3-13,15,20-21,24,27H,2,14H2,1H3. The number of piperidine rings is 1. The van der Waals surface area contributed by atoms with Gasteiger partial charge in [-0.2, -0.15) is 5.06 Å². The number of carbonyl (C=O) groups is 1. The Bertz CT molecular complexity index is 833. The molecule has 1 saturated heterocycles. The Balaban J connectivity index is 1.58. The lowest BCUT2D eigenvalue weighted by molar-refractivity contribution is -0.170. The second-order valence-corrected chi connectivity index (χ2v) is 6.68. The molecule has 2 N–H and O–H groups in total. The molecule has 1 aliphatic heterocycles. The lowest BCUT2D eigenvalue weighted by atomic mass is 9.90. The maximum Gasteiger partial charge on any atom is 0.267 e. The summed E-state index contributed by atoms with van der Waals surface area (Å²) in [6, 6.07) is 17.5. The molecule has 0 bridgehead atoms. The number of nitrogens with one attached hydrogen (secondary N) is 1. The van der Waals surface area contributed by atoms with Crippen LogP contribution in [0.1, 0.15) is 12.5 Å². The number of hydroxylamine groups is 2. The number of amides is 1. The van der Waals surface area contributed by atoms with Crippen molar-refractivity contribution in [2.24, 2.45) is 5.92 Å². The highest BCUT2D eigenvalue weighted by atomic mass is 19.1. The van der Waals surface area contributed by atoms with E-state index in [0.717, 1.165) is 16.7 Å². The van der Waals surface area contributed by atoms with Gasteiger partial charge < -0.3 is 5.32 Å². The van der Waals surface area contributed by atoms with E-state index in [1.165, 1.54) is 0 Å². The molecule has 2 aromatic carbocycles. The third-order valence-corrected chi connectivity index (χ3v) is 4.84. The van der Waals surface area contributed by atoms with Crippen molar-refractivity contribution in [3.05, 3.63) is 78.5 Å². The van der Waals surface area contributed by atoms with Crippen LogP contribution >= 0.6 is 0 Å². The highest BCUT2D eigenvalue weighted by Crippen LogP contribution is 2.27. The number of rotatable bonds is 5. The first-order valence-electron chi connectivity index (χ1n) is 8.90. The second-order valence-electron chi connectivity index (χ2n) is 6.68. The SMILES string of the molecule is C=C1C(F)C(C)C(NCC=Cc2ccc(-c3ccccc3)cc2)C(=O)N1O. The molecule has 1 fully saturated rings. The van der Waals surface area contributed by atoms with E-state index in [1.54, 1.807) is 6.92 Å². The van der Waals surface area contributed by atoms with Crippen molar-refractivity contribution < 1.29 is 14.4 Å². The fourth-order valence-electron chi connectivity index (χ4n) is 3.17. The van der Waals surface area contributed by atoms with Crippen molar-refractivity contribution in [1.82, 2.24) is 10.4 Å². The van der Waals surface area contributed by atoms with Crippen LogP contribution in [0.15, 0.2) is 72.9 Å². The van der Waals surface area contributed by atoms with E-state index in [0.29, 0.717) is 11.6 Å². The van der Waals surface area contributed by atoms with Gasteiger partial charge in [-0.15, -0.1) is 0 Å². The molecule has 3 unspecified atom stereocenters. The van der Waals surface area contributed by atoms with E-state index in [2.05, 4.69) is 36.2 Å². The summed E-state index contributed by atoms with van der Waals surface area (Å²) in [6.45, 7) is 5.43. The molecular formula is C22H23FN2O2. The second kappa shape index (κ2) is 8.29. The maximum absolute atomic E-state index is 14.1. The number of hydrogen-bond acceptors (Lipinski definition) is 3. The highest BCUT2D eigenvalue weighted by molar-refractivity contribution is 5.84. The van der Waals surface area contributed by atoms with Gasteiger partial charge >= 0.3 is 0 Å². The Morgan fingerprint density at radius 1 is 1.15 bits per heavy atom. The predicted octanol–water partition coefficient (Wildman–Crippen LogP) is 4.04. The minimum absolute atomic E-state index is 0.209. The Morgan fingerprint density at radius 2 is 1.78 bits per heavy atom. The molecule has 0 aromatic heterocycles. The zero-order valence-electron chi connectivity index (χ0n) is 15.2. The van der Waals surface area contributed by atoms with Gasteiger partial charge in [0.1, 0.15) is 6.17 Å². The largest absolute Gasteiger partial charge is 0.302 e. The molecular weight excluding hydrogens is 343 g/mol. The Labute approximate surface area is 158 Å². The molecule has 3 atom stereocenters. The predicted molar refractivity (Wildman–Crippen MR) is 105 cm³/mol. The number of nitrogens with zero attached hydrogens (tertiary/aromatic N) is 1. The minimum atomic E-state index is -1.46. The minimum Gasteiger partial charge on any atom is -0.302 e. The Hall–Kier alpha value is -2.76. The van der Waals surface area contributed by atoms with Crippen molar-refractivity contribution in [3.8, 4) is 11.1 Å². The van der Waals surface area contributed by atoms with Crippen molar-refractivity contribution in [1.29, 1.82) is 0 Å². The van der Waals surface area contributed by atoms with Crippen LogP contribution in [-0.4, -0.2) is 34.9 Å². The fraction of sp³-hybridized carbons (Fsp3) is 0.227. The van der Waals surface area contributed by atoms with Gasteiger partial charge in [-0.1, -0.05) is 80.3 Å². The molecule has 1 heterocycles. The third-order valence-electron chi connectivity index (χ3n) is 4.84. The molecule has 27 heavy (non-hydrogen) atoms. The van der Waals surface area contributed by atoms with Crippen LogP contribution in [0.4, 0.5) is 4.39 Å². The smallest absolute Gasteiger partial charge is 0.267 e. The van der Waals surface area contributed by atoms with Crippen molar-refractivity contribution in [2.45, 2.75) is 19.1 Å². The molecule has 1 aliphatic rings. The van der Waals surface area contributed by atoms with E-state index in [4.69, 9.17) is 0 Å². The monoisotopic (exact) mass is 366 g/mol. The first kappa shape index (κ1) is 19.0. The van der Waals surface area contributed by atoms with Crippen molar-refractivity contribution in [3.63, 3.8) is 0 Å². The van der Waals surface area contributed by atoms with Crippen molar-refractivity contribution >= 4 is 12.0 Å². The first-order chi connectivity index (χ1) is 13.0. The zero-order valence-corrected chi connectivity index (χ0v) is 15.2. The van der Waals surface area contributed by atoms with E-state index < -0.39 is 24.0 Å². The van der Waals surface area contributed by atoms with Gasteiger partial charge in [0.25, 0.3) is 5.91 Å². The summed E-state index contributed by atoms with van der Waals surface area (Å²) < 4.78 is 14.1. The number of hydrogen-bond donors (Lipinski definition) is 2. The number of carbonyl (C=O) groups excluding carboxylic acids is 1. The van der Waals surface area contributed by atoms with Gasteiger partial charge in [0.05, 0.1) is 11.7 Å². The van der Waals surface area contributed by atoms with Gasteiger partial charge in [-0.3, -0.25) is 10.0 Å². The molecule has 0 saturated carbocycles. The fourth-order valence-corrected chi connectivity index (χ4v) is 3.17. The molecule has 0 radical (unpaired) electrons. The molecule has 0 spiro atoms. The molecule has 0 aliphatic carbocycles. The zero-order chi connectivity index (χ0) is 19.4. The summed E-state index contributed by atoms with van der Waals surface area (Å²) in [7, 11) is 0. The Kier molecular flexibility index (Phi) is 5.84. The Morgan fingerprint density at radius 3 is 2.44 bits per heavy atom. The summed E-state index contributed by atoms with van der Waals surface area (Å²) in [4.78, 5) is 12.1. The summed E-state index contributed by atoms with van der Waals surface area (Å²) in [5.41, 5.74) is 3.12. The molecule has 1 amide bonds. The molecule has 5 heteroatoms. The van der Waals surface area contributed by atoms with Gasteiger partial charge in [0.15, 0.2) is 0 Å². The average molecular weight is 366 g/mol. The van der Waals surface area contributed by atoms with E-state index in [9.17, 15) is 14.4 Å². The summed E-state index contributed by atoms with van der Waals surface area (Å²) in [5.74, 6) is -1.17. The molecule has 140 valence electrons. The van der Waals surface area contributed by atoms with Crippen LogP contribution in [0.5, 0.6) is 0 Å². The van der Waals surface area contributed by atoms with Gasteiger partial charge in [-0.05, 0) is 16.7 Å².